The number of thiophene rings is 1. The van der Waals surface area contributed by atoms with Gasteiger partial charge in [0, 0.05) is 24.5 Å². The molecular weight excluding hydrogens is 280 g/mol. The molecule has 0 saturated heterocycles. The zero-order valence-corrected chi connectivity index (χ0v) is 13.8. The molecule has 0 amide bonds. The Morgan fingerprint density at radius 1 is 1.37 bits per heavy atom. The summed E-state index contributed by atoms with van der Waals surface area (Å²) in [7, 11) is -3.36. The molecule has 6 heteroatoms. The topological polar surface area (TPSA) is 49.4 Å². The predicted octanol–water partition coefficient (Wildman–Crippen LogP) is 2.52. The molecule has 0 aliphatic carbocycles. The van der Waals surface area contributed by atoms with E-state index in [9.17, 15) is 8.42 Å². The van der Waals surface area contributed by atoms with Gasteiger partial charge >= 0.3 is 0 Å². The lowest BCUT2D eigenvalue weighted by Crippen LogP contribution is -2.34. The first-order valence-corrected chi connectivity index (χ1v) is 9.02. The lowest BCUT2D eigenvalue weighted by atomic mass is 10.2. The third kappa shape index (κ3) is 4.27. The first kappa shape index (κ1) is 16.6. The Kier molecular flexibility index (Phi) is 6.46. The van der Waals surface area contributed by atoms with E-state index < -0.39 is 10.0 Å². The van der Waals surface area contributed by atoms with E-state index in [0.717, 1.165) is 11.4 Å². The SMILES string of the molecule is CCNCc1sccc1S(=O)(=O)N(CC)CC(C)C. The Morgan fingerprint density at radius 2 is 2.05 bits per heavy atom. The molecule has 0 radical (unpaired) electrons. The van der Waals surface area contributed by atoms with Crippen molar-refractivity contribution in [2.75, 3.05) is 19.6 Å². The van der Waals surface area contributed by atoms with Crippen LogP contribution in [0.3, 0.4) is 0 Å². The molecule has 1 N–H and O–H groups in total. The maximum atomic E-state index is 12.6. The summed E-state index contributed by atoms with van der Waals surface area (Å²) in [5, 5.41) is 5.04. The van der Waals surface area contributed by atoms with Crippen LogP contribution in [0.4, 0.5) is 0 Å². The lowest BCUT2D eigenvalue weighted by molar-refractivity contribution is 0.380. The molecule has 1 heterocycles. The third-order valence-electron chi connectivity index (χ3n) is 2.78. The maximum Gasteiger partial charge on any atom is 0.244 e. The molecule has 0 spiro atoms. The Hall–Kier alpha value is -0.430. The van der Waals surface area contributed by atoms with Gasteiger partial charge in [-0.25, -0.2) is 8.42 Å². The normalized spacial score (nSPS) is 12.5. The Labute approximate surface area is 120 Å². The van der Waals surface area contributed by atoms with E-state index in [4.69, 9.17) is 0 Å². The highest BCUT2D eigenvalue weighted by molar-refractivity contribution is 7.89. The van der Waals surface area contributed by atoms with Crippen molar-refractivity contribution in [2.24, 2.45) is 5.92 Å². The van der Waals surface area contributed by atoms with Crippen molar-refractivity contribution >= 4 is 21.4 Å². The molecule has 110 valence electrons. The Bertz CT molecular complexity index is 481. The smallest absolute Gasteiger partial charge is 0.244 e. The maximum absolute atomic E-state index is 12.6. The fraction of sp³-hybridized carbons (Fsp3) is 0.692. The van der Waals surface area contributed by atoms with Gasteiger partial charge in [0.05, 0.1) is 4.90 Å². The molecule has 0 aliphatic rings. The zero-order valence-electron chi connectivity index (χ0n) is 12.1. The molecule has 0 bridgehead atoms. The highest BCUT2D eigenvalue weighted by atomic mass is 32.2. The van der Waals surface area contributed by atoms with E-state index in [1.807, 2.05) is 33.1 Å². The summed E-state index contributed by atoms with van der Waals surface area (Å²) in [6, 6.07) is 1.72. The monoisotopic (exact) mass is 304 g/mol. The minimum Gasteiger partial charge on any atom is -0.312 e. The Morgan fingerprint density at radius 3 is 2.58 bits per heavy atom. The van der Waals surface area contributed by atoms with Crippen molar-refractivity contribution in [2.45, 2.75) is 39.1 Å². The molecule has 0 aromatic carbocycles. The summed E-state index contributed by atoms with van der Waals surface area (Å²) in [4.78, 5) is 1.35. The molecule has 0 aliphatic heterocycles. The summed E-state index contributed by atoms with van der Waals surface area (Å²) < 4.78 is 26.9. The second-order valence-corrected chi connectivity index (χ2v) is 7.74. The van der Waals surface area contributed by atoms with Gasteiger partial charge in [0.15, 0.2) is 0 Å². The van der Waals surface area contributed by atoms with Gasteiger partial charge in [-0.2, -0.15) is 4.31 Å². The fourth-order valence-electron chi connectivity index (χ4n) is 1.87. The molecule has 4 nitrogen and oxygen atoms in total. The molecule has 19 heavy (non-hydrogen) atoms. The van der Waals surface area contributed by atoms with Crippen LogP contribution in [0, 0.1) is 5.92 Å². The number of sulfonamides is 1. The minimum atomic E-state index is -3.36. The summed E-state index contributed by atoms with van der Waals surface area (Å²) in [6.45, 7) is 10.5. The van der Waals surface area contributed by atoms with E-state index in [1.165, 1.54) is 11.3 Å². The second kappa shape index (κ2) is 7.38. The van der Waals surface area contributed by atoms with Gasteiger partial charge in [-0.3, -0.25) is 0 Å². The minimum absolute atomic E-state index is 0.325. The van der Waals surface area contributed by atoms with Crippen LogP contribution in [0.25, 0.3) is 0 Å². The largest absolute Gasteiger partial charge is 0.312 e. The van der Waals surface area contributed by atoms with Gasteiger partial charge in [0.25, 0.3) is 0 Å². The van der Waals surface area contributed by atoms with Crippen LogP contribution in [0.1, 0.15) is 32.6 Å². The fourth-order valence-corrected chi connectivity index (χ4v) is 4.87. The molecule has 1 aromatic heterocycles. The zero-order chi connectivity index (χ0) is 14.5. The summed E-state index contributed by atoms with van der Waals surface area (Å²) in [6.07, 6.45) is 0. The number of nitrogens with one attached hydrogen (secondary N) is 1. The van der Waals surface area contributed by atoms with Crippen LogP contribution < -0.4 is 5.32 Å². The van der Waals surface area contributed by atoms with Crippen LogP contribution in [0.2, 0.25) is 0 Å². The summed E-state index contributed by atoms with van der Waals surface area (Å²) in [5.41, 5.74) is 0. The van der Waals surface area contributed by atoms with E-state index in [-0.39, 0.29) is 0 Å². The average molecular weight is 304 g/mol. The van der Waals surface area contributed by atoms with Crippen molar-refractivity contribution in [1.82, 2.24) is 9.62 Å². The second-order valence-electron chi connectivity index (χ2n) is 4.84. The molecule has 0 unspecified atom stereocenters. The molecule has 0 fully saturated rings. The average Bonchev–Trinajstić information content (AvgIpc) is 2.81. The van der Waals surface area contributed by atoms with Crippen molar-refractivity contribution < 1.29 is 8.42 Å². The van der Waals surface area contributed by atoms with Crippen molar-refractivity contribution in [1.29, 1.82) is 0 Å². The molecule has 1 aromatic rings. The van der Waals surface area contributed by atoms with Crippen LogP contribution in [-0.2, 0) is 16.6 Å². The third-order valence-corrected chi connectivity index (χ3v) is 5.85. The lowest BCUT2D eigenvalue weighted by Gasteiger charge is -2.22. The van der Waals surface area contributed by atoms with Gasteiger partial charge in [-0.15, -0.1) is 11.3 Å². The number of hydrogen-bond acceptors (Lipinski definition) is 4. The van der Waals surface area contributed by atoms with Crippen molar-refractivity contribution in [3.8, 4) is 0 Å². The first-order chi connectivity index (χ1) is 8.93. The van der Waals surface area contributed by atoms with E-state index in [1.54, 1.807) is 10.4 Å². The molecular formula is C13H24N2O2S2. The van der Waals surface area contributed by atoms with E-state index in [2.05, 4.69) is 5.32 Å². The number of hydrogen-bond donors (Lipinski definition) is 1. The van der Waals surface area contributed by atoms with Crippen molar-refractivity contribution in [3.05, 3.63) is 16.3 Å². The van der Waals surface area contributed by atoms with E-state index >= 15 is 0 Å². The molecule has 1 rings (SSSR count). The highest BCUT2D eigenvalue weighted by Gasteiger charge is 2.26. The Balaban J connectivity index is 3.01. The van der Waals surface area contributed by atoms with Crippen LogP contribution in [-0.4, -0.2) is 32.4 Å². The van der Waals surface area contributed by atoms with Crippen molar-refractivity contribution in [3.63, 3.8) is 0 Å². The van der Waals surface area contributed by atoms with Gasteiger partial charge in [-0.1, -0.05) is 27.7 Å². The quantitative estimate of drug-likeness (QED) is 0.803. The van der Waals surface area contributed by atoms with Gasteiger partial charge in [0.2, 0.25) is 10.0 Å². The van der Waals surface area contributed by atoms with Crippen LogP contribution in [0.5, 0.6) is 0 Å². The van der Waals surface area contributed by atoms with Gasteiger partial charge in [0.1, 0.15) is 0 Å². The van der Waals surface area contributed by atoms with E-state index in [0.29, 0.717) is 30.4 Å². The summed E-state index contributed by atoms with van der Waals surface area (Å²) >= 11 is 1.49. The van der Waals surface area contributed by atoms with Gasteiger partial charge < -0.3 is 5.32 Å². The highest BCUT2D eigenvalue weighted by Crippen LogP contribution is 2.25. The predicted molar refractivity (Wildman–Crippen MR) is 81.0 cm³/mol. The molecule has 0 atom stereocenters. The standard InChI is InChI=1S/C13H24N2O2S2/c1-5-14-9-12-13(7-8-18-12)19(16,17)15(6-2)10-11(3)4/h7-8,11,14H,5-6,9-10H2,1-4H3. The first-order valence-electron chi connectivity index (χ1n) is 6.70. The molecule has 0 saturated carbocycles. The number of nitrogens with zero attached hydrogens (tertiary/aromatic N) is 1. The summed E-state index contributed by atoms with van der Waals surface area (Å²) in [5.74, 6) is 0.325. The van der Waals surface area contributed by atoms with Gasteiger partial charge in [-0.05, 0) is 23.9 Å². The van der Waals surface area contributed by atoms with Crippen LogP contribution in [0.15, 0.2) is 16.3 Å². The number of rotatable bonds is 8. The van der Waals surface area contributed by atoms with Crippen LogP contribution >= 0.6 is 11.3 Å².